The largest absolute Gasteiger partial charge is 0.353 e. The van der Waals surface area contributed by atoms with Gasteiger partial charge in [0.05, 0.1) is 5.92 Å². The van der Waals surface area contributed by atoms with Crippen LogP contribution in [0.4, 0.5) is 0 Å². The molecule has 9 nitrogen and oxygen atoms in total. The van der Waals surface area contributed by atoms with Crippen molar-refractivity contribution in [3.05, 3.63) is 28.2 Å². The smallest absolute Gasteiger partial charge is 0.274 e. The predicted molar refractivity (Wildman–Crippen MR) is 101 cm³/mol. The Morgan fingerprint density at radius 1 is 1.18 bits per heavy atom. The number of hydrogen-bond acceptors (Lipinski definition) is 5. The van der Waals surface area contributed by atoms with Crippen molar-refractivity contribution in [2.75, 3.05) is 19.6 Å². The predicted octanol–water partition coefficient (Wildman–Crippen LogP) is 0.138. The molecule has 1 atom stereocenters. The Kier molecular flexibility index (Phi) is 5.53. The molecule has 0 spiro atoms. The zero-order valence-electron chi connectivity index (χ0n) is 16.5. The van der Waals surface area contributed by atoms with E-state index in [0.717, 1.165) is 0 Å². The number of rotatable bonds is 3. The van der Waals surface area contributed by atoms with Crippen LogP contribution in [-0.4, -0.2) is 68.9 Å². The van der Waals surface area contributed by atoms with Crippen molar-refractivity contribution in [1.29, 1.82) is 0 Å². The van der Waals surface area contributed by atoms with E-state index >= 15 is 0 Å². The molecule has 2 aliphatic rings. The minimum absolute atomic E-state index is 0.0149. The number of nitrogens with zero attached hydrogens (tertiary/aromatic N) is 3. The standard InChI is InChI=1S/C19H27N5O4/c1-19(2,3)24-11-12(10-16(24)26)17(27)20-13-6-8-23(9-7-13)18(28)14-4-5-15(25)22-21-14/h4-5,12-13H,6-11H2,1-3H3,(H,20,27)(H,22,25). The lowest BCUT2D eigenvalue weighted by Gasteiger charge is -2.33. The van der Waals surface area contributed by atoms with Gasteiger partial charge in [0.2, 0.25) is 11.8 Å². The average Bonchev–Trinajstić information content (AvgIpc) is 3.05. The van der Waals surface area contributed by atoms with E-state index in [1.165, 1.54) is 12.1 Å². The summed E-state index contributed by atoms with van der Waals surface area (Å²) in [6.45, 7) is 7.35. The minimum Gasteiger partial charge on any atom is -0.353 e. The maximum absolute atomic E-state index is 12.6. The highest BCUT2D eigenvalue weighted by Gasteiger charge is 2.40. The molecule has 1 aromatic heterocycles. The summed E-state index contributed by atoms with van der Waals surface area (Å²) in [4.78, 5) is 51.7. The van der Waals surface area contributed by atoms with Gasteiger partial charge in [-0.1, -0.05) is 0 Å². The SMILES string of the molecule is CC(C)(C)N1CC(C(=O)NC2CCN(C(=O)c3ccc(=O)[nH]n3)CC2)CC1=O. The third-order valence-corrected chi connectivity index (χ3v) is 5.33. The van der Waals surface area contributed by atoms with E-state index in [9.17, 15) is 19.2 Å². The lowest BCUT2D eigenvalue weighted by molar-refractivity contribution is -0.132. The van der Waals surface area contributed by atoms with Crippen LogP contribution in [0.15, 0.2) is 16.9 Å². The molecule has 2 fully saturated rings. The topological polar surface area (TPSA) is 115 Å². The molecule has 2 saturated heterocycles. The zero-order valence-corrected chi connectivity index (χ0v) is 16.5. The van der Waals surface area contributed by atoms with Crippen LogP contribution in [0, 0.1) is 5.92 Å². The Morgan fingerprint density at radius 2 is 1.86 bits per heavy atom. The second-order valence-corrected chi connectivity index (χ2v) is 8.46. The van der Waals surface area contributed by atoms with Crippen molar-refractivity contribution in [1.82, 2.24) is 25.3 Å². The van der Waals surface area contributed by atoms with Crippen LogP contribution in [0.2, 0.25) is 0 Å². The van der Waals surface area contributed by atoms with Crippen LogP contribution < -0.4 is 10.9 Å². The molecule has 9 heteroatoms. The molecule has 0 radical (unpaired) electrons. The monoisotopic (exact) mass is 389 g/mol. The van der Waals surface area contributed by atoms with E-state index in [4.69, 9.17) is 0 Å². The van der Waals surface area contributed by atoms with Gasteiger partial charge >= 0.3 is 0 Å². The summed E-state index contributed by atoms with van der Waals surface area (Å²) in [6.07, 6.45) is 1.54. The number of H-pyrrole nitrogens is 1. The van der Waals surface area contributed by atoms with E-state index in [2.05, 4.69) is 15.5 Å². The van der Waals surface area contributed by atoms with E-state index in [0.29, 0.717) is 32.5 Å². The Hall–Kier alpha value is -2.71. The molecule has 152 valence electrons. The number of nitrogens with one attached hydrogen (secondary N) is 2. The van der Waals surface area contributed by atoms with Gasteiger partial charge < -0.3 is 15.1 Å². The van der Waals surface area contributed by atoms with E-state index in [1.54, 1.807) is 9.80 Å². The molecule has 1 unspecified atom stereocenters. The first-order valence-electron chi connectivity index (χ1n) is 9.61. The molecule has 0 bridgehead atoms. The van der Waals surface area contributed by atoms with Crippen LogP contribution >= 0.6 is 0 Å². The van der Waals surface area contributed by atoms with Crippen LogP contribution in [0.25, 0.3) is 0 Å². The third-order valence-electron chi connectivity index (χ3n) is 5.33. The molecule has 1 aromatic rings. The number of hydrogen-bond donors (Lipinski definition) is 2. The Labute approximate surface area is 163 Å². The lowest BCUT2D eigenvalue weighted by Crippen LogP contribution is -2.48. The van der Waals surface area contributed by atoms with Crippen molar-refractivity contribution in [3.63, 3.8) is 0 Å². The molecule has 28 heavy (non-hydrogen) atoms. The number of amides is 3. The first kappa shape index (κ1) is 20.0. The lowest BCUT2D eigenvalue weighted by atomic mass is 10.0. The first-order valence-corrected chi connectivity index (χ1v) is 9.61. The molecule has 0 saturated carbocycles. The van der Waals surface area contributed by atoms with Crippen LogP contribution in [0.3, 0.4) is 0 Å². The molecule has 2 N–H and O–H groups in total. The normalized spacial score (nSPS) is 21.1. The molecule has 3 amide bonds. The van der Waals surface area contributed by atoms with Crippen molar-refractivity contribution >= 4 is 17.7 Å². The van der Waals surface area contributed by atoms with Crippen molar-refractivity contribution in [3.8, 4) is 0 Å². The number of likely N-dealkylation sites (tertiary alicyclic amines) is 2. The van der Waals surface area contributed by atoms with Crippen LogP contribution in [0.5, 0.6) is 0 Å². The second-order valence-electron chi connectivity index (χ2n) is 8.46. The van der Waals surface area contributed by atoms with E-state index in [-0.39, 0.29) is 52.9 Å². The summed E-state index contributed by atoms with van der Waals surface area (Å²) in [7, 11) is 0. The van der Waals surface area contributed by atoms with Gasteiger partial charge in [-0.05, 0) is 39.7 Å². The van der Waals surface area contributed by atoms with Gasteiger partial charge in [0, 0.05) is 43.7 Å². The Balaban J connectivity index is 1.50. The average molecular weight is 389 g/mol. The summed E-state index contributed by atoms with van der Waals surface area (Å²) >= 11 is 0. The molecule has 3 heterocycles. The number of carbonyl (C=O) groups is 3. The van der Waals surface area contributed by atoms with Gasteiger partial charge in [0.25, 0.3) is 11.5 Å². The number of aromatic nitrogens is 2. The van der Waals surface area contributed by atoms with E-state index in [1.807, 2.05) is 20.8 Å². The highest BCUT2D eigenvalue weighted by Crippen LogP contribution is 2.26. The molecular formula is C19H27N5O4. The fourth-order valence-electron chi connectivity index (χ4n) is 3.70. The molecule has 0 aliphatic carbocycles. The highest BCUT2D eigenvalue weighted by molar-refractivity contribution is 5.92. The molecular weight excluding hydrogens is 362 g/mol. The van der Waals surface area contributed by atoms with Gasteiger partial charge in [0.15, 0.2) is 0 Å². The second kappa shape index (κ2) is 7.73. The van der Waals surface area contributed by atoms with Gasteiger partial charge in [-0.15, -0.1) is 0 Å². The van der Waals surface area contributed by atoms with Crippen LogP contribution in [-0.2, 0) is 9.59 Å². The van der Waals surface area contributed by atoms with Gasteiger partial charge in [-0.3, -0.25) is 19.2 Å². The summed E-state index contributed by atoms with van der Waals surface area (Å²) in [6, 6.07) is 2.67. The third kappa shape index (κ3) is 4.40. The summed E-state index contributed by atoms with van der Waals surface area (Å²) in [5.74, 6) is -0.631. The number of carbonyl (C=O) groups excluding carboxylic acids is 3. The number of piperidine rings is 1. The molecule has 2 aliphatic heterocycles. The molecule has 3 rings (SSSR count). The Bertz CT molecular complexity index is 800. The minimum atomic E-state index is -0.353. The van der Waals surface area contributed by atoms with Gasteiger partial charge in [-0.2, -0.15) is 5.10 Å². The van der Waals surface area contributed by atoms with E-state index < -0.39 is 0 Å². The Morgan fingerprint density at radius 3 is 2.39 bits per heavy atom. The first-order chi connectivity index (χ1) is 13.1. The summed E-state index contributed by atoms with van der Waals surface area (Å²) < 4.78 is 0. The van der Waals surface area contributed by atoms with Crippen molar-refractivity contribution in [2.24, 2.45) is 5.92 Å². The number of aromatic amines is 1. The summed E-state index contributed by atoms with van der Waals surface area (Å²) in [5.41, 5.74) is -0.435. The van der Waals surface area contributed by atoms with Crippen LogP contribution in [0.1, 0.15) is 50.5 Å². The summed E-state index contributed by atoms with van der Waals surface area (Å²) in [5, 5.41) is 9.08. The fraction of sp³-hybridized carbons (Fsp3) is 0.632. The maximum atomic E-state index is 12.6. The maximum Gasteiger partial charge on any atom is 0.274 e. The molecule has 0 aromatic carbocycles. The van der Waals surface area contributed by atoms with Gasteiger partial charge in [-0.25, -0.2) is 5.10 Å². The fourth-order valence-corrected chi connectivity index (χ4v) is 3.70. The quantitative estimate of drug-likeness (QED) is 0.763. The zero-order chi connectivity index (χ0) is 20.5. The van der Waals surface area contributed by atoms with Gasteiger partial charge in [0.1, 0.15) is 5.69 Å². The van der Waals surface area contributed by atoms with Crippen molar-refractivity contribution < 1.29 is 14.4 Å². The van der Waals surface area contributed by atoms with Crippen molar-refractivity contribution in [2.45, 2.75) is 51.6 Å². The highest BCUT2D eigenvalue weighted by atomic mass is 16.2.